The Morgan fingerprint density at radius 3 is 2.54 bits per heavy atom. The molecule has 7 heteroatoms. The zero-order chi connectivity index (χ0) is 25.3. The topological polar surface area (TPSA) is 66.8 Å². The summed E-state index contributed by atoms with van der Waals surface area (Å²) in [6, 6.07) is 15.6. The molecule has 2 aliphatic rings. The van der Waals surface area contributed by atoms with Crippen LogP contribution in [-0.4, -0.2) is 64.4 Å². The number of Topliss-reactive ketones (excluding diaryl/α,β-unsaturated/α-hetero) is 2. The lowest BCUT2D eigenvalue weighted by Gasteiger charge is -2.42. The summed E-state index contributed by atoms with van der Waals surface area (Å²) >= 11 is 4.96. The number of halogens is 1. The van der Waals surface area contributed by atoms with E-state index in [-0.39, 0.29) is 23.2 Å². The van der Waals surface area contributed by atoms with E-state index in [1.54, 1.807) is 12.1 Å². The number of rotatable bonds is 5. The summed E-state index contributed by atoms with van der Waals surface area (Å²) in [5, 5.41) is 10.6. The number of ether oxygens (including phenoxy) is 1. The van der Waals surface area contributed by atoms with Gasteiger partial charge in [0, 0.05) is 35.4 Å². The van der Waals surface area contributed by atoms with Crippen LogP contribution in [-0.2, 0) is 22.6 Å². The van der Waals surface area contributed by atoms with Crippen LogP contribution in [0, 0.1) is 0 Å². The Morgan fingerprint density at radius 2 is 1.83 bits per heavy atom. The van der Waals surface area contributed by atoms with Crippen LogP contribution in [0.3, 0.4) is 0 Å². The minimum atomic E-state index is -0.427. The molecule has 0 bridgehead atoms. The zero-order valence-electron chi connectivity index (χ0n) is 20.7. The third-order valence-electron chi connectivity index (χ3n) is 6.54. The quantitative estimate of drug-likeness (QED) is 0.498. The van der Waals surface area contributed by atoms with Gasteiger partial charge in [-0.3, -0.25) is 9.59 Å². The summed E-state index contributed by atoms with van der Waals surface area (Å²) in [7, 11) is 0. The predicted molar refractivity (Wildman–Crippen MR) is 146 cm³/mol. The fraction of sp³-hybridized carbons (Fsp3) is 0.500. The predicted octanol–water partition coefficient (Wildman–Crippen LogP) is 5.32. The van der Waals surface area contributed by atoms with E-state index in [2.05, 4.69) is 33.0 Å². The number of aliphatic hydroxyl groups excluding tert-OH is 1. The summed E-state index contributed by atoms with van der Waals surface area (Å²) in [5.74, 6) is 0.102. The standard InChI is InChI=1S/C26H30BrNO4S.C2H6/c27-21-7-9-23-20(14-21)16-32-26(18-33-17-24(30)25(23)31)10-12-28(13-11-26)15-22(29)8-6-19-4-2-1-3-5-19;1-2/h1-5,7,9,14,22,29H,6,8,10-13,15-18H2;1-2H3. The highest BCUT2D eigenvalue weighted by atomic mass is 79.9. The molecule has 1 atom stereocenters. The number of β-amino-alcohol motifs (C(OH)–C–C–N with tert-alkyl or cyclic N) is 1. The lowest BCUT2D eigenvalue weighted by atomic mass is 9.92. The molecule has 4 rings (SSSR count). The molecule has 2 aromatic rings. The second kappa shape index (κ2) is 13.7. The first-order chi connectivity index (χ1) is 16.9. The third-order valence-corrected chi connectivity index (χ3v) is 8.23. The maximum absolute atomic E-state index is 12.6. The first-order valence-electron chi connectivity index (χ1n) is 12.5. The summed E-state index contributed by atoms with van der Waals surface area (Å²) in [5.41, 5.74) is 2.13. The van der Waals surface area contributed by atoms with Crippen molar-refractivity contribution in [1.82, 2.24) is 4.90 Å². The normalized spacial score (nSPS) is 19.4. The fourth-order valence-electron chi connectivity index (χ4n) is 4.52. The number of ketones is 2. The van der Waals surface area contributed by atoms with Crippen LogP contribution in [0.5, 0.6) is 0 Å². The van der Waals surface area contributed by atoms with Crippen LogP contribution < -0.4 is 0 Å². The van der Waals surface area contributed by atoms with Gasteiger partial charge in [-0.15, -0.1) is 0 Å². The number of aliphatic hydroxyl groups is 1. The van der Waals surface area contributed by atoms with E-state index in [0.717, 1.165) is 48.8 Å². The van der Waals surface area contributed by atoms with Crippen LogP contribution in [0.2, 0.25) is 0 Å². The highest BCUT2D eigenvalue weighted by molar-refractivity contribution is 9.10. The van der Waals surface area contributed by atoms with Gasteiger partial charge >= 0.3 is 0 Å². The van der Waals surface area contributed by atoms with Crippen molar-refractivity contribution in [2.75, 3.05) is 31.1 Å². The number of fused-ring (bicyclic) bond motifs is 1. The van der Waals surface area contributed by atoms with Gasteiger partial charge in [0.2, 0.25) is 11.6 Å². The Hall–Kier alpha value is -1.51. The van der Waals surface area contributed by atoms with Crippen molar-refractivity contribution in [3.63, 3.8) is 0 Å². The second-order valence-electron chi connectivity index (χ2n) is 9.00. The van der Waals surface area contributed by atoms with Crippen LogP contribution in [0.25, 0.3) is 0 Å². The molecular formula is C28H36BrNO4S. The number of carbonyl (C=O) groups is 2. The van der Waals surface area contributed by atoms with E-state index in [9.17, 15) is 14.7 Å². The molecular weight excluding hydrogens is 526 g/mol. The van der Waals surface area contributed by atoms with Gasteiger partial charge in [0.1, 0.15) is 0 Å². The first kappa shape index (κ1) is 28.1. The van der Waals surface area contributed by atoms with Crippen LogP contribution in [0.15, 0.2) is 53.0 Å². The van der Waals surface area contributed by atoms with Gasteiger partial charge in [-0.05, 0) is 55.0 Å². The largest absolute Gasteiger partial charge is 0.392 e. The highest BCUT2D eigenvalue weighted by Gasteiger charge is 2.37. The Kier molecular flexibility index (Phi) is 11.0. The van der Waals surface area contributed by atoms with E-state index in [0.29, 0.717) is 24.5 Å². The van der Waals surface area contributed by atoms with E-state index in [1.165, 1.54) is 17.3 Å². The smallest absolute Gasteiger partial charge is 0.229 e. The Balaban J connectivity index is 0.00000167. The number of aryl methyl sites for hydroxylation is 1. The van der Waals surface area contributed by atoms with Gasteiger partial charge in [-0.1, -0.05) is 60.1 Å². The first-order valence-corrected chi connectivity index (χ1v) is 14.4. The molecule has 0 saturated carbocycles. The van der Waals surface area contributed by atoms with Crippen LogP contribution in [0.1, 0.15) is 54.6 Å². The maximum atomic E-state index is 12.6. The Bertz CT molecular complexity index is 976. The summed E-state index contributed by atoms with van der Waals surface area (Å²) in [6.07, 6.45) is 2.96. The minimum Gasteiger partial charge on any atom is -0.392 e. The third kappa shape index (κ3) is 7.99. The molecule has 190 valence electrons. The Morgan fingerprint density at radius 1 is 1.11 bits per heavy atom. The second-order valence-corrected chi connectivity index (χ2v) is 10.9. The number of likely N-dealkylation sites (tertiary alicyclic amines) is 1. The zero-order valence-corrected chi connectivity index (χ0v) is 23.1. The number of nitrogens with zero attached hydrogens (tertiary/aromatic N) is 1. The maximum Gasteiger partial charge on any atom is 0.229 e. The molecule has 1 fully saturated rings. The van der Waals surface area contributed by atoms with E-state index < -0.39 is 5.78 Å². The van der Waals surface area contributed by atoms with Crippen molar-refractivity contribution < 1.29 is 19.4 Å². The van der Waals surface area contributed by atoms with Gasteiger partial charge in [0.05, 0.1) is 24.1 Å². The van der Waals surface area contributed by atoms with Crippen molar-refractivity contribution in [2.45, 2.75) is 57.8 Å². The molecule has 2 aliphatic heterocycles. The van der Waals surface area contributed by atoms with Gasteiger partial charge < -0.3 is 14.7 Å². The molecule has 1 N–H and O–H groups in total. The van der Waals surface area contributed by atoms with E-state index in [1.807, 2.05) is 38.1 Å². The molecule has 1 spiro atoms. The molecule has 0 amide bonds. The van der Waals surface area contributed by atoms with Crippen LogP contribution in [0.4, 0.5) is 0 Å². The van der Waals surface area contributed by atoms with E-state index >= 15 is 0 Å². The summed E-state index contributed by atoms with van der Waals surface area (Å²) in [6.45, 7) is 6.68. The monoisotopic (exact) mass is 561 g/mol. The molecule has 2 heterocycles. The van der Waals surface area contributed by atoms with Gasteiger partial charge in [-0.25, -0.2) is 0 Å². The molecule has 2 aromatic carbocycles. The van der Waals surface area contributed by atoms with Crippen molar-refractivity contribution >= 4 is 39.3 Å². The number of hydrogen-bond acceptors (Lipinski definition) is 6. The number of hydrogen-bond donors (Lipinski definition) is 1. The molecule has 0 aromatic heterocycles. The average Bonchev–Trinajstić information content (AvgIpc) is 2.89. The summed E-state index contributed by atoms with van der Waals surface area (Å²) < 4.78 is 7.34. The van der Waals surface area contributed by atoms with Crippen molar-refractivity contribution in [1.29, 1.82) is 0 Å². The summed E-state index contributed by atoms with van der Waals surface area (Å²) in [4.78, 5) is 27.3. The molecule has 35 heavy (non-hydrogen) atoms. The number of piperidine rings is 1. The highest BCUT2D eigenvalue weighted by Crippen LogP contribution is 2.33. The number of carbonyl (C=O) groups excluding carboxylic acids is 2. The average molecular weight is 563 g/mol. The van der Waals surface area contributed by atoms with Crippen molar-refractivity contribution in [3.8, 4) is 0 Å². The van der Waals surface area contributed by atoms with Gasteiger partial charge in [0.25, 0.3) is 0 Å². The molecule has 0 aliphatic carbocycles. The molecule has 0 radical (unpaired) electrons. The lowest BCUT2D eigenvalue weighted by molar-refractivity contribution is -0.112. The molecule has 5 nitrogen and oxygen atoms in total. The lowest BCUT2D eigenvalue weighted by Crippen LogP contribution is -2.49. The van der Waals surface area contributed by atoms with E-state index in [4.69, 9.17) is 4.74 Å². The SMILES string of the molecule is CC.O=C1CSCC2(CCN(CC(O)CCc3ccccc3)CC2)OCc2cc(Br)ccc2C1=O. The fourth-order valence-corrected chi connectivity index (χ4v) is 6.09. The van der Waals surface area contributed by atoms with Gasteiger partial charge in [0.15, 0.2) is 0 Å². The number of thioether (sulfide) groups is 1. The minimum absolute atomic E-state index is 0.182. The van der Waals surface area contributed by atoms with Crippen molar-refractivity contribution in [2.24, 2.45) is 0 Å². The molecule has 1 saturated heterocycles. The van der Waals surface area contributed by atoms with Crippen molar-refractivity contribution in [3.05, 3.63) is 69.7 Å². The Labute approximate surface area is 221 Å². The van der Waals surface area contributed by atoms with Crippen LogP contribution >= 0.6 is 27.7 Å². The van der Waals surface area contributed by atoms with Gasteiger partial charge in [-0.2, -0.15) is 11.8 Å². The number of benzene rings is 2. The molecule has 1 unspecified atom stereocenters.